The van der Waals surface area contributed by atoms with E-state index >= 15 is 0 Å². The molecule has 0 aliphatic heterocycles. The van der Waals surface area contributed by atoms with Crippen molar-refractivity contribution in [3.05, 3.63) is 59.9 Å². The van der Waals surface area contributed by atoms with Crippen LogP contribution in [-0.4, -0.2) is 27.2 Å². The molecule has 1 aliphatic rings. The van der Waals surface area contributed by atoms with Crippen molar-refractivity contribution in [3.63, 3.8) is 0 Å². The molecule has 3 rings (SSSR count). The molecule has 4 nitrogen and oxygen atoms in total. The minimum atomic E-state index is -4.76. The lowest BCUT2D eigenvalue weighted by Gasteiger charge is -2.54. The Kier molecular flexibility index (Phi) is 4.25. The van der Waals surface area contributed by atoms with Gasteiger partial charge in [0.25, 0.3) is 0 Å². The first-order valence-electron chi connectivity index (χ1n) is 7.79. The van der Waals surface area contributed by atoms with Crippen molar-refractivity contribution in [2.24, 2.45) is 0 Å². The van der Waals surface area contributed by atoms with Gasteiger partial charge in [-0.25, -0.2) is 0 Å². The smallest absolute Gasteiger partial charge is 0.406 e. The molecule has 0 bridgehead atoms. The lowest BCUT2D eigenvalue weighted by molar-refractivity contribution is -0.274. The van der Waals surface area contributed by atoms with Gasteiger partial charge in [0.2, 0.25) is 0 Å². The third-order valence-electron chi connectivity index (χ3n) is 4.55. The van der Waals surface area contributed by atoms with E-state index in [4.69, 9.17) is 0 Å². The maximum absolute atomic E-state index is 12.3. The maximum Gasteiger partial charge on any atom is 0.573 e. The van der Waals surface area contributed by atoms with E-state index in [0.717, 1.165) is 0 Å². The first-order valence-corrected chi connectivity index (χ1v) is 7.79. The largest absolute Gasteiger partial charge is 0.573 e. The van der Waals surface area contributed by atoms with E-state index in [9.17, 15) is 23.4 Å². The minimum absolute atomic E-state index is 0.275. The number of hydrogen-bond donors (Lipinski definition) is 2. The monoisotopic (exact) mass is 353 g/mol. The van der Waals surface area contributed by atoms with E-state index in [2.05, 4.69) is 9.72 Å². The third kappa shape index (κ3) is 3.62. The molecule has 1 saturated carbocycles. The van der Waals surface area contributed by atoms with Gasteiger partial charge in [-0.3, -0.25) is 4.98 Å². The Bertz CT molecular complexity index is 721. The highest BCUT2D eigenvalue weighted by molar-refractivity contribution is 5.38. The molecule has 2 aromatic rings. The summed E-state index contributed by atoms with van der Waals surface area (Å²) in [4.78, 5) is 4.16. The average molecular weight is 353 g/mol. The Labute approximate surface area is 142 Å². The van der Waals surface area contributed by atoms with Crippen molar-refractivity contribution in [1.29, 1.82) is 0 Å². The summed E-state index contributed by atoms with van der Waals surface area (Å²) in [6, 6.07) is 10.6. The molecule has 1 fully saturated rings. The molecule has 134 valence electrons. The van der Waals surface area contributed by atoms with E-state index in [-0.39, 0.29) is 18.6 Å². The molecule has 2 N–H and O–H groups in total. The molecule has 1 aliphatic carbocycles. The van der Waals surface area contributed by atoms with Crippen molar-refractivity contribution in [2.45, 2.75) is 43.2 Å². The lowest BCUT2D eigenvalue weighted by atomic mass is 9.53. The molecule has 1 heterocycles. The summed E-state index contributed by atoms with van der Waals surface area (Å²) < 4.78 is 40.8. The quantitative estimate of drug-likeness (QED) is 0.883. The van der Waals surface area contributed by atoms with Gasteiger partial charge in [-0.05, 0) is 49.6 Å². The Hall–Kier alpha value is -2.12. The number of rotatable bonds is 4. The summed E-state index contributed by atoms with van der Waals surface area (Å²) in [5, 5.41) is 21.1. The van der Waals surface area contributed by atoms with Crippen LogP contribution in [0.15, 0.2) is 48.7 Å². The summed E-state index contributed by atoms with van der Waals surface area (Å²) in [5.74, 6) is -0.329. The summed E-state index contributed by atoms with van der Waals surface area (Å²) >= 11 is 0. The average Bonchev–Trinajstić information content (AvgIpc) is 2.51. The number of benzene rings is 1. The van der Waals surface area contributed by atoms with Crippen LogP contribution in [0.25, 0.3) is 0 Å². The van der Waals surface area contributed by atoms with Crippen molar-refractivity contribution < 1.29 is 28.1 Å². The second-order valence-corrected chi connectivity index (χ2v) is 6.74. The van der Waals surface area contributed by atoms with Gasteiger partial charge in [0.1, 0.15) is 11.9 Å². The third-order valence-corrected chi connectivity index (χ3v) is 4.55. The van der Waals surface area contributed by atoms with Crippen LogP contribution in [-0.2, 0) is 5.41 Å². The first-order chi connectivity index (χ1) is 11.6. The number of aromatic nitrogens is 1. The molecular formula is C18H18F3NO3. The van der Waals surface area contributed by atoms with Crippen molar-refractivity contribution in [3.8, 4) is 5.75 Å². The van der Waals surface area contributed by atoms with Gasteiger partial charge in [0.05, 0.1) is 11.3 Å². The van der Waals surface area contributed by atoms with Crippen molar-refractivity contribution in [2.75, 3.05) is 0 Å². The Morgan fingerprint density at radius 3 is 2.24 bits per heavy atom. The van der Waals surface area contributed by atoms with Crippen molar-refractivity contribution in [1.82, 2.24) is 4.98 Å². The topological polar surface area (TPSA) is 62.6 Å². The van der Waals surface area contributed by atoms with Crippen LogP contribution in [0.1, 0.15) is 37.1 Å². The summed E-state index contributed by atoms with van der Waals surface area (Å²) in [5.41, 5.74) is -0.675. The minimum Gasteiger partial charge on any atom is -0.406 e. The number of ether oxygens (including phenoxy) is 1. The number of pyridine rings is 1. The number of alkyl halides is 3. The van der Waals surface area contributed by atoms with Crippen LogP contribution in [0, 0.1) is 0 Å². The highest BCUT2D eigenvalue weighted by Gasteiger charge is 2.56. The Morgan fingerprint density at radius 1 is 1.12 bits per heavy atom. The molecule has 1 aromatic carbocycles. The first kappa shape index (κ1) is 17.7. The highest BCUT2D eigenvalue weighted by Crippen LogP contribution is 2.56. The summed E-state index contributed by atoms with van der Waals surface area (Å²) in [6.45, 7) is 1.66. The molecule has 7 heteroatoms. The van der Waals surface area contributed by atoms with Crippen LogP contribution in [0.2, 0.25) is 0 Å². The second kappa shape index (κ2) is 6.00. The van der Waals surface area contributed by atoms with Gasteiger partial charge in [-0.1, -0.05) is 18.2 Å². The molecule has 0 unspecified atom stereocenters. The molecule has 0 radical (unpaired) electrons. The molecule has 1 aromatic heterocycles. The van der Waals surface area contributed by atoms with Crippen LogP contribution >= 0.6 is 0 Å². The number of nitrogens with zero attached hydrogens (tertiary/aromatic N) is 1. The second-order valence-electron chi connectivity index (χ2n) is 6.74. The van der Waals surface area contributed by atoms with E-state index in [1.165, 1.54) is 24.3 Å². The lowest BCUT2D eigenvalue weighted by Crippen LogP contribution is -2.56. The van der Waals surface area contributed by atoms with Crippen LogP contribution in [0.3, 0.4) is 0 Å². The van der Waals surface area contributed by atoms with Gasteiger partial charge >= 0.3 is 6.36 Å². The van der Waals surface area contributed by atoms with Gasteiger partial charge < -0.3 is 14.9 Å². The predicted molar refractivity (Wildman–Crippen MR) is 83.9 cm³/mol. The number of hydrogen-bond acceptors (Lipinski definition) is 4. The summed E-state index contributed by atoms with van der Waals surface area (Å²) in [7, 11) is 0. The van der Waals surface area contributed by atoms with Gasteiger partial charge in [0.15, 0.2) is 0 Å². The molecular weight excluding hydrogens is 335 g/mol. The fourth-order valence-electron chi connectivity index (χ4n) is 3.67. The SMILES string of the molecule is C[C@]1(O)C[C@](c2ccc(OC(F)(F)F)cc2)([C@H](O)c2ccccn2)C1. The van der Waals surface area contributed by atoms with Crippen LogP contribution in [0.4, 0.5) is 13.2 Å². The number of aliphatic hydroxyl groups is 2. The standard InChI is InChI=1S/C18H18F3NO3/c1-16(24)10-17(11-16,15(23)14-4-2-3-9-22-14)12-5-7-13(8-6-12)25-18(19,20)21/h2-9,15,23-24H,10-11H2,1H3/t15-,16-,17-/m1/s1. The van der Waals surface area contributed by atoms with E-state index in [1.807, 2.05) is 0 Å². The normalized spacial score (nSPS) is 27.4. The van der Waals surface area contributed by atoms with Gasteiger partial charge in [-0.2, -0.15) is 0 Å². The van der Waals surface area contributed by atoms with Gasteiger partial charge in [0, 0.05) is 11.6 Å². The van der Waals surface area contributed by atoms with Crippen LogP contribution in [0.5, 0.6) is 5.75 Å². The highest BCUT2D eigenvalue weighted by atomic mass is 19.4. The van der Waals surface area contributed by atoms with Crippen LogP contribution < -0.4 is 4.74 Å². The fourth-order valence-corrected chi connectivity index (χ4v) is 3.67. The number of aliphatic hydroxyl groups excluding tert-OH is 1. The molecule has 25 heavy (non-hydrogen) atoms. The maximum atomic E-state index is 12.3. The van der Waals surface area contributed by atoms with E-state index < -0.39 is 23.5 Å². The number of halogens is 3. The zero-order valence-electron chi connectivity index (χ0n) is 13.5. The van der Waals surface area contributed by atoms with Crippen molar-refractivity contribution >= 4 is 0 Å². The zero-order chi connectivity index (χ0) is 18.3. The molecule has 0 saturated heterocycles. The Balaban J connectivity index is 1.92. The van der Waals surface area contributed by atoms with E-state index in [1.54, 1.807) is 31.3 Å². The Morgan fingerprint density at radius 2 is 1.76 bits per heavy atom. The molecule has 0 spiro atoms. The van der Waals surface area contributed by atoms with E-state index in [0.29, 0.717) is 11.3 Å². The summed E-state index contributed by atoms with van der Waals surface area (Å²) in [6.07, 6.45) is -3.63. The predicted octanol–water partition coefficient (Wildman–Crippen LogP) is 3.50. The molecule has 1 atom stereocenters. The fraction of sp³-hybridized carbons (Fsp3) is 0.389. The zero-order valence-corrected chi connectivity index (χ0v) is 13.5. The van der Waals surface area contributed by atoms with Gasteiger partial charge in [-0.15, -0.1) is 13.2 Å². The molecule has 0 amide bonds.